The van der Waals surface area contributed by atoms with Crippen molar-refractivity contribution in [1.29, 1.82) is 0 Å². The molecule has 1 fully saturated rings. The monoisotopic (exact) mass is 351 g/mol. The standard InChI is InChI=1S/C19H30BrN/c1-14(17-10-5-6-11-18(17)20)21-16-9-7-8-15(12-13-16)19(2,3)4/h5-6,10-11,14-16,21H,7-9,12-13H2,1-4H3/t14-,15?,16?/m1/s1. The van der Waals surface area contributed by atoms with Crippen molar-refractivity contribution in [2.24, 2.45) is 11.3 Å². The van der Waals surface area contributed by atoms with Gasteiger partial charge in [-0.1, -0.05) is 61.3 Å². The van der Waals surface area contributed by atoms with Gasteiger partial charge in [0.05, 0.1) is 0 Å². The Morgan fingerprint density at radius 2 is 1.81 bits per heavy atom. The van der Waals surface area contributed by atoms with Crippen molar-refractivity contribution in [2.45, 2.75) is 71.9 Å². The molecule has 0 aliphatic heterocycles. The molecule has 1 aliphatic carbocycles. The Labute approximate surface area is 139 Å². The topological polar surface area (TPSA) is 12.0 Å². The summed E-state index contributed by atoms with van der Waals surface area (Å²) in [5.41, 5.74) is 1.83. The van der Waals surface area contributed by atoms with Crippen LogP contribution < -0.4 is 5.32 Å². The van der Waals surface area contributed by atoms with Gasteiger partial charge >= 0.3 is 0 Å². The van der Waals surface area contributed by atoms with E-state index in [2.05, 4.69) is 73.2 Å². The van der Waals surface area contributed by atoms with E-state index >= 15 is 0 Å². The SMILES string of the molecule is C[C@@H](NC1CCCC(C(C)(C)C)CC1)c1ccccc1Br. The van der Waals surface area contributed by atoms with Crippen LogP contribution in [0.15, 0.2) is 28.7 Å². The fraction of sp³-hybridized carbons (Fsp3) is 0.684. The van der Waals surface area contributed by atoms with E-state index in [1.165, 1.54) is 42.1 Å². The molecule has 1 saturated carbocycles. The normalized spacial score (nSPS) is 25.4. The zero-order chi connectivity index (χ0) is 15.5. The van der Waals surface area contributed by atoms with E-state index in [9.17, 15) is 0 Å². The minimum atomic E-state index is 0.414. The summed E-state index contributed by atoms with van der Waals surface area (Å²) < 4.78 is 1.21. The summed E-state index contributed by atoms with van der Waals surface area (Å²) in [4.78, 5) is 0. The summed E-state index contributed by atoms with van der Waals surface area (Å²) in [6.07, 6.45) is 6.76. The maximum atomic E-state index is 3.86. The zero-order valence-electron chi connectivity index (χ0n) is 14.0. The third kappa shape index (κ3) is 4.82. The highest BCUT2D eigenvalue weighted by atomic mass is 79.9. The molecule has 1 N–H and O–H groups in total. The summed E-state index contributed by atoms with van der Waals surface area (Å²) in [6, 6.07) is 9.64. The molecule has 0 amide bonds. The van der Waals surface area contributed by atoms with Crippen molar-refractivity contribution in [3.05, 3.63) is 34.3 Å². The molecule has 2 heteroatoms. The maximum Gasteiger partial charge on any atom is 0.0305 e. The van der Waals surface area contributed by atoms with E-state index in [-0.39, 0.29) is 0 Å². The Hall–Kier alpha value is -0.340. The van der Waals surface area contributed by atoms with E-state index in [0.717, 1.165) is 5.92 Å². The van der Waals surface area contributed by atoms with Crippen LogP contribution in [-0.4, -0.2) is 6.04 Å². The lowest BCUT2D eigenvalue weighted by Gasteiger charge is -2.30. The Morgan fingerprint density at radius 1 is 1.10 bits per heavy atom. The van der Waals surface area contributed by atoms with Gasteiger partial charge in [-0.2, -0.15) is 0 Å². The summed E-state index contributed by atoms with van der Waals surface area (Å²) in [7, 11) is 0. The molecule has 2 unspecified atom stereocenters. The predicted molar refractivity (Wildman–Crippen MR) is 95.5 cm³/mol. The Bertz CT molecular complexity index is 449. The first-order chi connectivity index (χ1) is 9.88. The van der Waals surface area contributed by atoms with Crippen LogP contribution in [-0.2, 0) is 0 Å². The average molecular weight is 352 g/mol. The molecule has 1 aromatic carbocycles. The lowest BCUT2D eigenvalue weighted by atomic mass is 9.76. The van der Waals surface area contributed by atoms with Gasteiger partial charge < -0.3 is 5.32 Å². The lowest BCUT2D eigenvalue weighted by molar-refractivity contribution is 0.213. The van der Waals surface area contributed by atoms with Crippen LogP contribution in [0.3, 0.4) is 0 Å². The van der Waals surface area contributed by atoms with Crippen LogP contribution in [0.2, 0.25) is 0 Å². The van der Waals surface area contributed by atoms with Crippen molar-refractivity contribution in [1.82, 2.24) is 5.32 Å². The van der Waals surface area contributed by atoms with Crippen molar-refractivity contribution >= 4 is 15.9 Å². The lowest BCUT2D eigenvalue weighted by Crippen LogP contribution is -2.31. The minimum Gasteiger partial charge on any atom is -0.307 e. The second-order valence-corrected chi connectivity index (χ2v) is 8.53. The molecular weight excluding hydrogens is 322 g/mol. The Balaban J connectivity index is 1.93. The van der Waals surface area contributed by atoms with Gasteiger partial charge in [-0.05, 0) is 55.6 Å². The second kappa shape index (κ2) is 7.28. The molecule has 118 valence electrons. The Kier molecular flexibility index (Phi) is 5.90. The summed E-state index contributed by atoms with van der Waals surface area (Å²) in [5.74, 6) is 0.878. The fourth-order valence-corrected chi connectivity index (χ4v) is 4.23. The number of halogens is 1. The van der Waals surface area contributed by atoms with Crippen molar-refractivity contribution < 1.29 is 0 Å². The van der Waals surface area contributed by atoms with Crippen molar-refractivity contribution in [2.75, 3.05) is 0 Å². The van der Waals surface area contributed by atoms with Gasteiger partial charge in [0.2, 0.25) is 0 Å². The van der Waals surface area contributed by atoms with Gasteiger partial charge in [-0.15, -0.1) is 0 Å². The highest BCUT2D eigenvalue weighted by Crippen LogP contribution is 2.37. The van der Waals surface area contributed by atoms with Crippen LogP contribution in [0, 0.1) is 11.3 Å². The van der Waals surface area contributed by atoms with Crippen LogP contribution in [0.4, 0.5) is 0 Å². The van der Waals surface area contributed by atoms with Gasteiger partial charge in [0.15, 0.2) is 0 Å². The first-order valence-corrected chi connectivity index (χ1v) is 9.17. The van der Waals surface area contributed by atoms with Crippen LogP contribution in [0.1, 0.15) is 71.4 Å². The van der Waals surface area contributed by atoms with Crippen LogP contribution in [0.25, 0.3) is 0 Å². The van der Waals surface area contributed by atoms with E-state index in [1.807, 2.05) is 0 Å². The Morgan fingerprint density at radius 3 is 2.48 bits per heavy atom. The van der Waals surface area contributed by atoms with E-state index < -0.39 is 0 Å². The molecule has 3 atom stereocenters. The first-order valence-electron chi connectivity index (χ1n) is 8.38. The molecule has 0 heterocycles. The third-order valence-electron chi connectivity index (χ3n) is 5.05. The van der Waals surface area contributed by atoms with Gasteiger partial charge in [0.1, 0.15) is 0 Å². The molecule has 1 aromatic rings. The van der Waals surface area contributed by atoms with Crippen molar-refractivity contribution in [3.63, 3.8) is 0 Å². The molecule has 1 aliphatic rings. The van der Waals surface area contributed by atoms with Gasteiger partial charge in [-0.3, -0.25) is 0 Å². The van der Waals surface area contributed by atoms with E-state index in [4.69, 9.17) is 0 Å². The molecule has 0 aromatic heterocycles. The summed E-state index contributed by atoms with van der Waals surface area (Å²) in [5, 5.41) is 3.86. The maximum absolute atomic E-state index is 3.86. The largest absolute Gasteiger partial charge is 0.307 e. The molecule has 21 heavy (non-hydrogen) atoms. The van der Waals surface area contributed by atoms with Gasteiger partial charge in [0.25, 0.3) is 0 Å². The number of hydrogen-bond acceptors (Lipinski definition) is 1. The quantitative estimate of drug-likeness (QED) is 0.649. The number of hydrogen-bond donors (Lipinski definition) is 1. The number of rotatable bonds is 3. The van der Waals surface area contributed by atoms with Crippen LogP contribution >= 0.6 is 15.9 Å². The highest BCUT2D eigenvalue weighted by Gasteiger charge is 2.28. The fourth-order valence-electron chi connectivity index (χ4n) is 3.60. The molecule has 0 spiro atoms. The molecule has 0 radical (unpaired) electrons. The molecule has 0 saturated heterocycles. The summed E-state index contributed by atoms with van der Waals surface area (Å²) in [6.45, 7) is 9.48. The second-order valence-electron chi connectivity index (χ2n) is 7.68. The van der Waals surface area contributed by atoms with E-state index in [0.29, 0.717) is 17.5 Å². The number of nitrogens with one attached hydrogen (secondary N) is 1. The summed E-state index contributed by atoms with van der Waals surface area (Å²) >= 11 is 3.67. The van der Waals surface area contributed by atoms with Crippen LogP contribution in [0.5, 0.6) is 0 Å². The van der Waals surface area contributed by atoms with E-state index in [1.54, 1.807) is 0 Å². The highest BCUT2D eigenvalue weighted by molar-refractivity contribution is 9.10. The average Bonchev–Trinajstić information content (AvgIpc) is 2.64. The molecule has 2 rings (SSSR count). The first kappa shape index (κ1) is 17.0. The number of benzene rings is 1. The van der Waals surface area contributed by atoms with Gasteiger partial charge in [0, 0.05) is 16.6 Å². The van der Waals surface area contributed by atoms with Crippen molar-refractivity contribution in [3.8, 4) is 0 Å². The molecular formula is C19H30BrN. The van der Waals surface area contributed by atoms with Gasteiger partial charge in [-0.25, -0.2) is 0 Å². The molecule has 0 bridgehead atoms. The molecule has 1 nitrogen and oxygen atoms in total. The smallest absolute Gasteiger partial charge is 0.0305 e. The zero-order valence-corrected chi connectivity index (χ0v) is 15.5. The minimum absolute atomic E-state index is 0.414. The third-order valence-corrected chi connectivity index (χ3v) is 5.77. The predicted octanol–water partition coefficient (Wildman–Crippen LogP) is 6.09.